The molecule has 0 amide bonds. The first-order valence-electron chi connectivity index (χ1n) is 8.07. The highest BCUT2D eigenvalue weighted by Crippen LogP contribution is 2.28. The Bertz CT molecular complexity index is 579. The Balaban J connectivity index is 2.06. The van der Waals surface area contributed by atoms with E-state index in [2.05, 4.69) is 0 Å². The van der Waals surface area contributed by atoms with E-state index in [-0.39, 0.29) is 17.5 Å². The molecule has 1 aliphatic rings. The van der Waals surface area contributed by atoms with Crippen molar-refractivity contribution in [3.05, 3.63) is 33.2 Å². The van der Waals surface area contributed by atoms with E-state index in [1.54, 1.807) is 19.9 Å². The highest BCUT2D eigenvalue weighted by Gasteiger charge is 2.20. The third kappa shape index (κ3) is 3.80. The van der Waals surface area contributed by atoms with Gasteiger partial charge in [-0.05, 0) is 45.1 Å². The van der Waals surface area contributed by atoms with Crippen LogP contribution in [0.4, 0.5) is 0 Å². The number of aliphatic hydroxyl groups is 1. The van der Waals surface area contributed by atoms with Crippen LogP contribution in [0.25, 0.3) is 6.08 Å². The number of hydrogen-bond donors (Lipinski definition) is 1. The summed E-state index contributed by atoms with van der Waals surface area (Å²) in [4.78, 5) is 12.1. The van der Waals surface area contributed by atoms with Gasteiger partial charge < -0.3 is 14.3 Å². The van der Waals surface area contributed by atoms with E-state index in [1.165, 1.54) is 26.4 Å². The lowest BCUT2D eigenvalue weighted by Gasteiger charge is -2.25. The third-order valence-electron chi connectivity index (χ3n) is 4.59. The molecule has 1 unspecified atom stereocenters. The van der Waals surface area contributed by atoms with Gasteiger partial charge in [0.2, 0.25) is 0 Å². The summed E-state index contributed by atoms with van der Waals surface area (Å²) in [7, 11) is 1.49. The molecule has 1 N–H and O–H groups in total. The molecule has 0 spiro atoms. The highest BCUT2D eigenvalue weighted by molar-refractivity contribution is 5.48. The van der Waals surface area contributed by atoms with E-state index in [0.29, 0.717) is 29.2 Å². The molecule has 1 aliphatic carbocycles. The third-order valence-corrected chi connectivity index (χ3v) is 4.59. The smallest absolute Gasteiger partial charge is 0.291 e. The zero-order valence-corrected chi connectivity index (χ0v) is 13.7. The van der Waals surface area contributed by atoms with Gasteiger partial charge in [0.1, 0.15) is 5.76 Å². The number of hydrogen-bond acceptors (Lipinski definition) is 4. The maximum Gasteiger partial charge on any atom is 0.291 e. The van der Waals surface area contributed by atoms with E-state index in [4.69, 9.17) is 9.15 Å². The van der Waals surface area contributed by atoms with Crippen molar-refractivity contribution in [2.45, 2.75) is 58.5 Å². The van der Waals surface area contributed by atoms with Gasteiger partial charge in [-0.2, -0.15) is 0 Å². The second-order valence-electron chi connectivity index (χ2n) is 6.14. The molecule has 0 aromatic carbocycles. The Morgan fingerprint density at radius 3 is 2.59 bits per heavy atom. The normalized spacial score (nSPS) is 17.8. The van der Waals surface area contributed by atoms with E-state index in [1.807, 2.05) is 6.08 Å². The summed E-state index contributed by atoms with van der Waals surface area (Å²) in [5.74, 6) is 1.16. The molecular weight excluding hydrogens is 280 g/mol. The van der Waals surface area contributed by atoms with Crippen LogP contribution >= 0.6 is 0 Å². The minimum Gasteiger partial charge on any atom is -0.468 e. The first kappa shape index (κ1) is 16.8. The topological polar surface area (TPSA) is 59.7 Å². The van der Waals surface area contributed by atoms with Crippen molar-refractivity contribution in [2.75, 3.05) is 7.11 Å². The highest BCUT2D eigenvalue weighted by atomic mass is 16.6. The molecule has 122 valence electrons. The molecule has 1 aromatic rings. The maximum atomic E-state index is 12.1. The second kappa shape index (κ2) is 7.63. The van der Waals surface area contributed by atoms with Gasteiger partial charge in [0, 0.05) is 5.56 Å². The Hall–Kier alpha value is -1.55. The molecule has 22 heavy (non-hydrogen) atoms. The molecule has 1 heterocycles. The van der Waals surface area contributed by atoms with Gasteiger partial charge >= 0.3 is 0 Å². The minimum absolute atomic E-state index is 0.0596. The van der Waals surface area contributed by atoms with Crippen LogP contribution < -0.4 is 10.2 Å². The summed E-state index contributed by atoms with van der Waals surface area (Å²) < 4.78 is 10.7. The lowest BCUT2D eigenvalue weighted by atomic mass is 9.84. The predicted octanol–water partition coefficient (Wildman–Crippen LogP) is 3.61. The zero-order chi connectivity index (χ0) is 16.1. The lowest BCUT2D eigenvalue weighted by Crippen LogP contribution is -2.22. The SMILES string of the molecule is COc1oc(/C=C/CC(O)C2CCCCC2)c(C)c(=O)c1C. The Labute approximate surface area is 131 Å². The first-order chi connectivity index (χ1) is 10.5. The van der Waals surface area contributed by atoms with Crippen LogP contribution in [0.2, 0.25) is 0 Å². The molecule has 1 atom stereocenters. The molecule has 4 heteroatoms. The second-order valence-corrected chi connectivity index (χ2v) is 6.14. The molecule has 1 saturated carbocycles. The van der Waals surface area contributed by atoms with Crippen LogP contribution in [0.1, 0.15) is 55.4 Å². The molecular formula is C18H26O4. The average molecular weight is 306 g/mol. The number of ether oxygens (including phenoxy) is 1. The summed E-state index contributed by atoms with van der Waals surface area (Å²) in [6.07, 6.45) is 9.88. The maximum absolute atomic E-state index is 12.1. The quantitative estimate of drug-likeness (QED) is 0.902. The Kier molecular flexibility index (Phi) is 5.83. The summed E-state index contributed by atoms with van der Waals surface area (Å²) in [6.45, 7) is 3.44. The van der Waals surface area contributed by atoms with E-state index >= 15 is 0 Å². The van der Waals surface area contributed by atoms with Crippen molar-refractivity contribution >= 4 is 6.08 Å². The van der Waals surface area contributed by atoms with Gasteiger partial charge in [-0.1, -0.05) is 25.3 Å². The fourth-order valence-electron chi connectivity index (χ4n) is 3.12. The molecule has 4 nitrogen and oxygen atoms in total. The van der Waals surface area contributed by atoms with Gasteiger partial charge in [-0.25, -0.2) is 0 Å². The monoisotopic (exact) mass is 306 g/mol. The molecule has 0 aliphatic heterocycles. The first-order valence-corrected chi connectivity index (χ1v) is 8.07. The predicted molar refractivity (Wildman–Crippen MR) is 87.2 cm³/mol. The molecule has 2 rings (SSSR count). The number of methoxy groups -OCH3 is 1. The van der Waals surface area contributed by atoms with E-state index < -0.39 is 0 Å². The van der Waals surface area contributed by atoms with E-state index in [9.17, 15) is 9.90 Å². The molecule has 0 saturated heterocycles. The number of rotatable bonds is 5. The number of aliphatic hydroxyl groups excluding tert-OH is 1. The van der Waals surface area contributed by atoms with Crippen LogP contribution in [-0.2, 0) is 0 Å². The molecule has 0 bridgehead atoms. The van der Waals surface area contributed by atoms with Crippen molar-refractivity contribution in [2.24, 2.45) is 5.92 Å². The fraction of sp³-hybridized carbons (Fsp3) is 0.611. The van der Waals surface area contributed by atoms with Crippen LogP contribution in [0.15, 0.2) is 15.3 Å². The largest absolute Gasteiger partial charge is 0.468 e. The van der Waals surface area contributed by atoms with Crippen LogP contribution in [0.5, 0.6) is 5.95 Å². The van der Waals surface area contributed by atoms with Crippen molar-refractivity contribution < 1.29 is 14.3 Å². The van der Waals surface area contributed by atoms with Crippen molar-refractivity contribution in [1.82, 2.24) is 0 Å². The van der Waals surface area contributed by atoms with Crippen LogP contribution in [-0.4, -0.2) is 18.3 Å². The Morgan fingerprint density at radius 2 is 1.95 bits per heavy atom. The van der Waals surface area contributed by atoms with Crippen molar-refractivity contribution in [3.8, 4) is 5.95 Å². The van der Waals surface area contributed by atoms with Gasteiger partial charge in [0.25, 0.3) is 5.95 Å². The summed E-state index contributed by atoms with van der Waals surface area (Å²) >= 11 is 0. The molecule has 1 aromatic heterocycles. The van der Waals surface area contributed by atoms with Crippen molar-refractivity contribution in [3.63, 3.8) is 0 Å². The van der Waals surface area contributed by atoms with Crippen LogP contribution in [0.3, 0.4) is 0 Å². The molecule has 1 fully saturated rings. The standard InChI is InChI=1S/C18H26O4/c1-12-16(22-18(21-3)13(2)17(12)20)11-7-10-15(19)14-8-5-4-6-9-14/h7,11,14-15,19H,4-6,8-10H2,1-3H3/b11-7+. The van der Waals surface area contributed by atoms with E-state index in [0.717, 1.165) is 12.8 Å². The summed E-state index contributed by atoms with van der Waals surface area (Å²) in [5, 5.41) is 10.3. The minimum atomic E-state index is -0.309. The van der Waals surface area contributed by atoms with Gasteiger partial charge in [0.05, 0.1) is 18.8 Å². The van der Waals surface area contributed by atoms with Gasteiger partial charge in [-0.3, -0.25) is 4.79 Å². The van der Waals surface area contributed by atoms with Gasteiger partial charge in [-0.15, -0.1) is 0 Å². The average Bonchev–Trinajstić information content (AvgIpc) is 2.55. The summed E-state index contributed by atoms with van der Waals surface area (Å²) in [5.41, 5.74) is 0.997. The summed E-state index contributed by atoms with van der Waals surface area (Å²) in [6, 6.07) is 0. The fourth-order valence-corrected chi connectivity index (χ4v) is 3.12. The lowest BCUT2D eigenvalue weighted by molar-refractivity contribution is 0.0875. The molecule has 0 radical (unpaired) electrons. The van der Waals surface area contributed by atoms with Crippen LogP contribution in [0, 0.1) is 19.8 Å². The van der Waals surface area contributed by atoms with Crippen molar-refractivity contribution in [1.29, 1.82) is 0 Å². The Morgan fingerprint density at radius 1 is 1.27 bits per heavy atom. The zero-order valence-electron chi connectivity index (χ0n) is 13.7. The van der Waals surface area contributed by atoms with Gasteiger partial charge in [0.15, 0.2) is 5.43 Å².